The van der Waals surface area contributed by atoms with E-state index in [1.54, 1.807) is 7.11 Å². The van der Waals surface area contributed by atoms with E-state index < -0.39 is 0 Å². The van der Waals surface area contributed by atoms with Gasteiger partial charge < -0.3 is 16.2 Å². The first-order valence-corrected chi connectivity index (χ1v) is 6.28. The van der Waals surface area contributed by atoms with Crippen LogP contribution in [0.25, 0.3) is 0 Å². The zero-order valence-corrected chi connectivity index (χ0v) is 10.9. The number of carbonyl (C=O) groups excluding carboxylic acids is 1. The van der Waals surface area contributed by atoms with Crippen LogP contribution in [0, 0.1) is 0 Å². The highest BCUT2D eigenvalue weighted by Crippen LogP contribution is 2.14. The van der Waals surface area contributed by atoms with Gasteiger partial charge >= 0.3 is 0 Å². The lowest BCUT2D eigenvalue weighted by Crippen LogP contribution is -2.21. The molecule has 1 aromatic carbocycles. The van der Waals surface area contributed by atoms with Crippen molar-refractivity contribution in [3.05, 3.63) is 29.8 Å². The van der Waals surface area contributed by atoms with Crippen LogP contribution in [0.5, 0.6) is 5.75 Å². The minimum Gasteiger partial charge on any atom is -0.497 e. The van der Waals surface area contributed by atoms with Crippen LogP contribution in [0.2, 0.25) is 0 Å². The highest BCUT2D eigenvalue weighted by atomic mass is 16.5. The molecule has 4 N–H and O–H groups in total. The molecule has 0 fully saturated rings. The molecule has 0 saturated carbocycles. The quantitative estimate of drug-likeness (QED) is 0.735. The van der Waals surface area contributed by atoms with E-state index in [4.69, 9.17) is 16.2 Å². The molecule has 1 atom stereocenters. The van der Waals surface area contributed by atoms with Gasteiger partial charge in [-0.1, -0.05) is 12.1 Å². The third kappa shape index (κ3) is 5.68. The van der Waals surface area contributed by atoms with Crippen molar-refractivity contribution in [2.75, 3.05) is 7.11 Å². The number of carbonyl (C=O) groups is 1. The van der Waals surface area contributed by atoms with Crippen molar-refractivity contribution in [3.8, 4) is 5.75 Å². The van der Waals surface area contributed by atoms with Crippen molar-refractivity contribution in [1.82, 2.24) is 0 Å². The first kappa shape index (κ1) is 14.5. The van der Waals surface area contributed by atoms with Crippen molar-refractivity contribution in [3.63, 3.8) is 0 Å². The van der Waals surface area contributed by atoms with Crippen LogP contribution in [0.3, 0.4) is 0 Å². The van der Waals surface area contributed by atoms with E-state index in [1.807, 2.05) is 12.1 Å². The minimum atomic E-state index is -0.252. The lowest BCUT2D eigenvalue weighted by molar-refractivity contribution is -0.118. The van der Waals surface area contributed by atoms with Crippen LogP contribution in [0.4, 0.5) is 0 Å². The Balaban J connectivity index is 2.24. The summed E-state index contributed by atoms with van der Waals surface area (Å²) in [5.41, 5.74) is 12.3. The first-order valence-electron chi connectivity index (χ1n) is 6.28. The molecule has 0 bridgehead atoms. The monoisotopic (exact) mass is 250 g/mol. The maximum atomic E-state index is 10.6. The molecule has 0 aromatic heterocycles. The molecule has 0 radical (unpaired) electrons. The van der Waals surface area contributed by atoms with E-state index >= 15 is 0 Å². The van der Waals surface area contributed by atoms with Gasteiger partial charge in [-0.25, -0.2) is 0 Å². The van der Waals surface area contributed by atoms with Gasteiger partial charge in [0.2, 0.25) is 5.91 Å². The SMILES string of the molecule is COc1ccc(CCC(N)CCCC(N)=O)cc1. The van der Waals surface area contributed by atoms with E-state index in [0.29, 0.717) is 6.42 Å². The minimum absolute atomic E-state index is 0.131. The van der Waals surface area contributed by atoms with Crippen molar-refractivity contribution < 1.29 is 9.53 Å². The number of rotatable bonds is 8. The number of hydrogen-bond acceptors (Lipinski definition) is 3. The van der Waals surface area contributed by atoms with Gasteiger partial charge in [-0.3, -0.25) is 4.79 Å². The van der Waals surface area contributed by atoms with E-state index in [-0.39, 0.29) is 11.9 Å². The molecule has 0 heterocycles. The molecule has 100 valence electrons. The molecule has 0 aliphatic carbocycles. The van der Waals surface area contributed by atoms with Gasteiger partial charge in [-0.05, 0) is 43.4 Å². The van der Waals surface area contributed by atoms with E-state index in [2.05, 4.69) is 12.1 Å². The maximum Gasteiger partial charge on any atom is 0.217 e. The molecule has 1 aromatic rings. The second-order valence-corrected chi connectivity index (χ2v) is 4.51. The predicted octanol–water partition coefficient (Wildman–Crippen LogP) is 1.61. The largest absolute Gasteiger partial charge is 0.497 e. The van der Waals surface area contributed by atoms with Crippen molar-refractivity contribution in [1.29, 1.82) is 0 Å². The average Bonchev–Trinajstić information content (AvgIpc) is 2.36. The van der Waals surface area contributed by atoms with Gasteiger partial charge in [0.05, 0.1) is 7.11 Å². The molecular formula is C14H22N2O2. The molecule has 0 aliphatic heterocycles. The number of ether oxygens (including phenoxy) is 1. The number of benzene rings is 1. The number of aryl methyl sites for hydroxylation is 1. The summed E-state index contributed by atoms with van der Waals surface area (Å²) in [5.74, 6) is 0.613. The van der Waals surface area contributed by atoms with Crippen molar-refractivity contribution in [2.45, 2.75) is 38.1 Å². The Morgan fingerprint density at radius 3 is 2.50 bits per heavy atom. The average molecular weight is 250 g/mol. The molecule has 0 saturated heterocycles. The Bertz CT molecular complexity index is 363. The van der Waals surface area contributed by atoms with Gasteiger partial charge in [0.1, 0.15) is 5.75 Å². The summed E-state index contributed by atoms with van der Waals surface area (Å²) in [4.78, 5) is 10.6. The fourth-order valence-corrected chi connectivity index (χ4v) is 1.83. The maximum absolute atomic E-state index is 10.6. The summed E-state index contributed by atoms with van der Waals surface area (Å²) >= 11 is 0. The Labute approximate surface area is 108 Å². The Morgan fingerprint density at radius 2 is 1.94 bits per heavy atom. The molecule has 18 heavy (non-hydrogen) atoms. The Kier molecular flexibility index (Phi) is 6.22. The van der Waals surface area contributed by atoms with Crippen LogP contribution in [-0.2, 0) is 11.2 Å². The fraction of sp³-hybridized carbons (Fsp3) is 0.500. The van der Waals surface area contributed by atoms with Crippen LogP contribution >= 0.6 is 0 Å². The highest BCUT2D eigenvalue weighted by molar-refractivity contribution is 5.73. The van der Waals surface area contributed by atoms with E-state index in [0.717, 1.165) is 31.4 Å². The summed E-state index contributed by atoms with van der Waals surface area (Å²) in [5, 5.41) is 0. The van der Waals surface area contributed by atoms with E-state index in [1.165, 1.54) is 5.56 Å². The smallest absolute Gasteiger partial charge is 0.217 e. The lowest BCUT2D eigenvalue weighted by atomic mass is 10.0. The van der Waals surface area contributed by atoms with Crippen molar-refractivity contribution >= 4 is 5.91 Å². The van der Waals surface area contributed by atoms with Crippen LogP contribution in [0.1, 0.15) is 31.2 Å². The highest BCUT2D eigenvalue weighted by Gasteiger charge is 2.04. The summed E-state index contributed by atoms with van der Waals surface area (Å²) in [7, 11) is 1.66. The third-order valence-corrected chi connectivity index (χ3v) is 2.96. The molecular weight excluding hydrogens is 228 g/mol. The van der Waals surface area contributed by atoms with Crippen LogP contribution in [-0.4, -0.2) is 19.1 Å². The van der Waals surface area contributed by atoms with Gasteiger partial charge in [-0.15, -0.1) is 0 Å². The summed E-state index contributed by atoms with van der Waals surface area (Å²) in [6.07, 6.45) is 3.92. The molecule has 0 aliphatic rings. The zero-order valence-electron chi connectivity index (χ0n) is 10.9. The van der Waals surface area contributed by atoms with Gasteiger partial charge in [-0.2, -0.15) is 0 Å². The summed E-state index contributed by atoms with van der Waals surface area (Å²) in [6.45, 7) is 0. The summed E-state index contributed by atoms with van der Waals surface area (Å²) < 4.78 is 5.10. The molecule has 1 rings (SSSR count). The Hall–Kier alpha value is -1.55. The number of primary amides is 1. The second-order valence-electron chi connectivity index (χ2n) is 4.51. The topological polar surface area (TPSA) is 78.3 Å². The number of methoxy groups -OCH3 is 1. The third-order valence-electron chi connectivity index (χ3n) is 2.96. The first-order chi connectivity index (χ1) is 8.61. The molecule has 1 unspecified atom stereocenters. The number of amides is 1. The predicted molar refractivity (Wildman–Crippen MR) is 72.3 cm³/mol. The normalized spacial score (nSPS) is 12.1. The number of nitrogens with two attached hydrogens (primary N) is 2. The zero-order chi connectivity index (χ0) is 13.4. The molecule has 1 amide bonds. The molecule has 4 nitrogen and oxygen atoms in total. The van der Waals surface area contributed by atoms with Crippen LogP contribution in [0.15, 0.2) is 24.3 Å². The number of hydrogen-bond donors (Lipinski definition) is 2. The van der Waals surface area contributed by atoms with Gasteiger partial charge in [0.25, 0.3) is 0 Å². The Morgan fingerprint density at radius 1 is 1.28 bits per heavy atom. The summed E-state index contributed by atoms with van der Waals surface area (Å²) in [6, 6.07) is 8.14. The molecule has 0 spiro atoms. The standard InChI is InChI=1S/C14H22N2O2/c1-18-13-9-6-11(7-10-13)5-8-12(15)3-2-4-14(16)17/h6-7,9-10,12H,2-5,8,15H2,1H3,(H2,16,17). The van der Waals surface area contributed by atoms with Crippen LogP contribution < -0.4 is 16.2 Å². The van der Waals surface area contributed by atoms with E-state index in [9.17, 15) is 4.79 Å². The van der Waals surface area contributed by atoms with Gasteiger partial charge in [0.15, 0.2) is 0 Å². The second kappa shape index (κ2) is 7.71. The van der Waals surface area contributed by atoms with Gasteiger partial charge in [0, 0.05) is 12.5 Å². The lowest BCUT2D eigenvalue weighted by Gasteiger charge is -2.11. The van der Waals surface area contributed by atoms with Crippen molar-refractivity contribution in [2.24, 2.45) is 11.5 Å². The fourth-order valence-electron chi connectivity index (χ4n) is 1.83. The molecule has 4 heteroatoms.